The number of hydrogen-bond acceptors (Lipinski definition) is 3. The summed E-state index contributed by atoms with van der Waals surface area (Å²) < 4.78 is 0.872. The smallest absolute Gasteiger partial charge is 0.220 e. The lowest BCUT2D eigenvalue weighted by atomic mass is 10.2. The third-order valence-electron chi connectivity index (χ3n) is 2.20. The van der Waals surface area contributed by atoms with Crippen LogP contribution in [0.2, 0.25) is 0 Å². The largest absolute Gasteiger partial charge is 0.356 e. The Hall–Kier alpha value is -1.43. The number of pyridine rings is 1. The minimum atomic E-state index is -0.138. The van der Waals surface area contributed by atoms with Gasteiger partial charge in [0.05, 0.1) is 0 Å². The van der Waals surface area contributed by atoms with Crippen molar-refractivity contribution < 1.29 is 9.59 Å². The van der Waals surface area contributed by atoms with Crippen molar-refractivity contribution in [3.63, 3.8) is 0 Å². The zero-order valence-corrected chi connectivity index (χ0v) is 11.8. The average molecular weight is 314 g/mol. The Morgan fingerprint density at radius 3 is 2.50 bits per heavy atom. The van der Waals surface area contributed by atoms with E-state index in [0.717, 1.165) is 10.0 Å². The van der Waals surface area contributed by atoms with Crippen molar-refractivity contribution in [2.24, 2.45) is 0 Å². The van der Waals surface area contributed by atoms with Gasteiger partial charge in [-0.05, 0) is 34.5 Å². The van der Waals surface area contributed by atoms with E-state index in [1.807, 2.05) is 13.0 Å². The summed E-state index contributed by atoms with van der Waals surface area (Å²) in [5.74, 6) is -0.238. The molecule has 98 valence electrons. The minimum absolute atomic E-state index is 0.100. The second-order valence-corrected chi connectivity index (χ2v) is 4.66. The first-order valence-corrected chi connectivity index (χ1v) is 6.54. The van der Waals surface area contributed by atoms with Gasteiger partial charge in [-0.2, -0.15) is 0 Å². The van der Waals surface area contributed by atoms with Gasteiger partial charge in [-0.1, -0.05) is 0 Å². The number of carbonyl (C=O) groups is 2. The molecule has 2 amide bonds. The SMILES string of the molecule is CCNC(=O)CCC(=O)NCc1cncc(Br)c1. The van der Waals surface area contributed by atoms with Gasteiger partial charge in [0.2, 0.25) is 11.8 Å². The molecule has 0 bridgehead atoms. The summed E-state index contributed by atoms with van der Waals surface area (Å²) in [5.41, 5.74) is 0.913. The number of rotatable bonds is 6. The Morgan fingerprint density at radius 1 is 1.22 bits per heavy atom. The maximum Gasteiger partial charge on any atom is 0.220 e. The van der Waals surface area contributed by atoms with Gasteiger partial charge in [0.15, 0.2) is 0 Å². The van der Waals surface area contributed by atoms with Crippen LogP contribution >= 0.6 is 15.9 Å². The quantitative estimate of drug-likeness (QED) is 0.833. The molecule has 0 spiro atoms. The summed E-state index contributed by atoms with van der Waals surface area (Å²) in [6.07, 6.45) is 3.79. The molecular weight excluding hydrogens is 298 g/mol. The molecule has 1 heterocycles. The minimum Gasteiger partial charge on any atom is -0.356 e. The molecule has 1 aromatic rings. The topological polar surface area (TPSA) is 71.1 Å². The van der Waals surface area contributed by atoms with Crippen molar-refractivity contribution in [3.05, 3.63) is 28.5 Å². The first kappa shape index (κ1) is 14.6. The van der Waals surface area contributed by atoms with Crippen molar-refractivity contribution in [2.75, 3.05) is 6.54 Å². The molecule has 0 atom stereocenters. The van der Waals surface area contributed by atoms with Crippen LogP contribution in [-0.4, -0.2) is 23.3 Å². The Balaban J connectivity index is 2.27. The normalized spacial score (nSPS) is 9.89. The lowest BCUT2D eigenvalue weighted by Crippen LogP contribution is -2.27. The highest BCUT2D eigenvalue weighted by molar-refractivity contribution is 9.10. The van der Waals surface area contributed by atoms with E-state index in [1.165, 1.54) is 0 Å². The van der Waals surface area contributed by atoms with Crippen molar-refractivity contribution in [3.8, 4) is 0 Å². The van der Waals surface area contributed by atoms with E-state index >= 15 is 0 Å². The first-order valence-electron chi connectivity index (χ1n) is 5.74. The van der Waals surface area contributed by atoms with Gasteiger partial charge >= 0.3 is 0 Å². The zero-order chi connectivity index (χ0) is 13.4. The maximum atomic E-state index is 11.5. The fraction of sp³-hybridized carbons (Fsp3) is 0.417. The molecule has 1 rings (SSSR count). The Kier molecular flexibility index (Phi) is 6.35. The third kappa shape index (κ3) is 5.77. The van der Waals surface area contributed by atoms with E-state index in [1.54, 1.807) is 12.4 Å². The molecule has 18 heavy (non-hydrogen) atoms. The van der Waals surface area contributed by atoms with E-state index in [-0.39, 0.29) is 24.7 Å². The van der Waals surface area contributed by atoms with Crippen LogP contribution in [0.1, 0.15) is 25.3 Å². The van der Waals surface area contributed by atoms with Crippen LogP contribution < -0.4 is 10.6 Å². The number of nitrogens with zero attached hydrogens (tertiary/aromatic N) is 1. The average Bonchev–Trinajstić information content (AvgIpc) is 2.34. The van der Waals surface area contributed by atoms with Gasteiger partial charge < -0.3 is 10.6 Å². The zero-order valence-electron chi connectivity index (χ0n) is 10.2. The molecule has 0 aliphatic heterocycles. The van der Waals surface area contributed by atoms with Crippen molar-refractivity contribution in [1.82, 2.24) is 15.6 Å². The monoisotopic (exact) mass is 313 g/mol. The van der Waals surface area contributed by atoms with E-state index < -0.39 is 0 Å². The summed E-state index contributed by atoms with van der Waals surface area (Å²) in [5, 5.41) is 5.39. The number of halogens is 1. The second-order valence-electron chi connectivity index (χ2n) is 3.74. The molecule has 1 aromatic heterocycles. The molecule has 5 nitrogen and oxygen atoms in total. The molecule has 0 unspecified atom stereocenters. The molecule has 0 aliphatic carbocycles. The van der Waals surface area contributed by atoms with Crippen molar-refractivity contribution in [1.29, 1.82) is 0 Å². The van der Waals surface area contributed by atoms with Crippen molar-refractivity contribution >= 4 is 27.7 Å². The molecule has 0 aromatic carbocycles. The van der Waals surface area contributed by atoms with Crippen LogP contribution in [0, 0.1) is 0 Å². The van der Waals surface area contributed by atoms with Gasteiger partial charge in [-0.15, -0.1) is 0 Å². The standard InChI is InChI=1S/C12H16BrN3O2/c1-2-15-11(17)3-4-12(18)16-7-9-5-10(13)8-14-6-9/h5-6,8H,2-4,7H2,1H3,(H,15,17)(H,16,18). The molecule has 6 heteroatoms. The van der Waals surface area contributed by atoms with E-state index in [2.05, 4.69) is 31.5 Å². The molecule has 0 radical (unpaired) electrons. The van der Waals surface area contributed by atoms with Gasteiger partial charge in [-0.3, -0.25) is 14.6 Å². The summed E-state index contributed by atoms with van der Waals surface area (Å²) in [6.45, 7) is 2.85. The van der Waals surface area contributed by atoms with Crippen LogP contribution in [0.3, 0.4) is 0 Å². The highest BCUT2D eigenvalue weighted by atomic mass is 79.9. The predicted octanol–water partition coefficient (Wildman–Crippen LogP) is 1.38. The summed E-state index contributed by atoms with van der Waals surface area (Å²) >= 11 is 3.31. The lowest BCUT2D eigenvalue weighted by Gasteiger charge is -2.05. The Bertz CT molecular complexity index is 424. The van der Waals surface area contributed by atoms with Crippen LogP contribution in [0.5, 0.6) is 0 Å². The number of hydrogen-bond donors (Lipinski definition) is 2. The van der Waals surface area contributed by atoms with E-state index in [9.17, 15) is 9.59 Å². The molecule has 0 saturated heterocycles. The van der Waals surface area contributed by atoms with Crippen molar-refractivity contribution in [2.45, 2.75) is 26.3 Å². The molecule has 2 N–H and O–H groups in total. The fourth-order valence-electron chi connectivity index (χ4n) is 1.35. The molecule has 0 fully saturated rings. The van der Waals surface area contributed by atoms with E-state index in [4.69, 9.17) is 0 Å². The van der Waals surface area contributed by atoms with Crippen LogP contribution in [-0.2, 0) is 16.1 Å². The number of carbonyl (C=O) groups excluding carboxylic acids is 2. The first-order chi connectivity index (χ1) is 8.61. The predicted molar refractivity (Wildman–Crippen MR) is 71.7 cm³/mol. The molecular formula is C12H16BrN3O2. The fourth-order valence-corrected chi connectivity index (χ4v) is 1.77. The highest BCUT2D eigenvalue weighted by Crippen LogP contribution is 2.09. The van der Waals surface area contributed by atoms with Crippen LogP contribution in [0.4, 0.5) is 0 Å². The van der Waals surface area contributed by atoms with Gasteiger partial charge in [0, 0.05) is 42.8 Å². The summed E-state index contributed by atoms with van der Waals surface area (Å²) in [6, 6.07) is 1.89. The number of aromatic nitrogens is 1. The number of nitrogens with one attached hydrogen (secondary N) is 2. The second kappa shape index (κ2) is 7.81. The Morgan fingerprint density at radius 2 is 1.89 bits per heavy atom. The molecule has 0 saturated carbocycles. The van der Waals surface area contributed by atoms with Crippen LogP contribution in [0.25, 0.3) is 0 Å². The maximum absolute atomic E-state index is 11.5. The summed E-state index contributed by atoms with van der Waals surface area (Å²) in [7, 11) is 0. The van der Waals surface area contributed by atoms with E-state index in [0.29, 0.717) is 13.1 Å². The van der Waals surface area contributed by atoms with Gasteiger partial charge in [0.1, 0.15) is 0 Å². The highest BCUT2D eigenvalue weighted by Gasteiger charge is 2.05. The van der Waals surface area contributed by atoms with Gasteiger partial charge in [-0.25, -0.2) is 0 Å². The Labute approximate surface area is 114 Å². The number of amides is 2. The lowest BCUT2D eigenvalue weighted by molar-refractivity contribution is -0.126. The molecule has 0 aliphatic rings. The summed E-state index contributed by atoms with van der Waals surface area (Å²) in [4.78, 5) is 26.6. The van der Waals surface area contributed by atoms with Gasteiger partial charge in [0.25, 0.3) is 0 Å². The third-order valence-corrected chi connectivity index (χ3v) is 2.64. The van der Waals surface area contributed by atoms with Crippen LogP contribution in [0.15, 0.2) is 22.9 Å².